The summed E-state index contributed by atoms with van der Waals surface area (Å²) in [5.74, 6) is 1.64. The van der Waals surface area contributed by atoms with Gasteiger partial charge < -0.3 is 9.88 Å². The molecule has 1 aromatic heterocycles. The molecule has 1 aliphatic heterocycles. The fourth-order valence-electron chi connectivity index (χ4n) is 2.81. The minimum Gasteiger partial charge on any atom is -0.377 e. The van der Waals surface area contributed by atoms with Gasteiger partial charge in [0, 0.05) is 30.8 Å². The third-order valence-corrected chi connectivity index (χ3v) is 4.96. The van der Waals surface area contributed by atoms with E-state index in [2.05, 4.69) is 15.5 Å². The number of aryl methyl sites for hydroxylation is 1. The summed E-state index contributed by atoms with van der Waals surface area (Å²) < 4.78 is 25.1. The van der Waals surface area contributed by atoms with Gasteiger partial charge in [-0.05, 0) is 18.9 Å². The number of benzene rings is 1. The zero-order valence-electron chi connectivity index (χ0n) is 13.4. The van der Waals surface area contributed by atoms with E-state index >= 15 is 0 Å². The van der Waals surface area contributed by atoms with Crippen molar-refractivity contribution in [2.75, 3.05) is 5.32 Å². The fraction of sp³-hybridized carbons (Fsp3) is 0.429. The number of nitro groups is 1. The van der Waals surface area contributed by atoms with Gasteiger partial charge in [-0.15, -0.1) is 10.2 Å². The second-order valence-corrected chi connectivity index (χ2v) is 7.43. The molecule has 1 aliphatic rings. The van der Waals surface area contributed by atoms with Crippen LogP contribution in [0.5, 0.6) is 0 Å². The SMILES string of the molecule is NS(=O)(=O)c1cc(NCc2nnc3n2CCCCC3)cc([N+](=O)[O-])c1. The molecule has 10 nitrogen and oxygen atoms in total. The van der Waals surface area contributed by atoms with Gasteiger partial charge in [0.25, 0.3) is 5.69 Å². The summed E-state index contributed by atoms with van der Waals surface area (Å²) in [4.78, 5) is 10.0. The Morgan fingerprint density at radius 3 is 2.76 bits per heavy atom. The van der Waals surface area contributed by atoms with Gasteiger partial charge in [0.2, 0.25) is 10.0 Å². The molecule has 2 aromatic rings. The lowest BCUT2D eigenvalue weighted by Gasteiger charge is -2.10. The minimum absolute atomic E-state index is 0.276. The lowest BCUT2D eigenvalue weighted by Crippen LogP contribution is -2.14. The van der Waals surface area contributed by atoms with Crippen LogP contribution in [0.25, 0.3) is 0 Å². The third-order valence-electron chi connectivity index (χ3n) is 4.07. The molecule has 0 saturated carbocycles. The van der Waals surface area contributed by atoms with Gasteiger partial charge in [-0.2, -0.15) is 0 Å². The first-order chi connectivity index (χ1) is 11.8. The van der Waals surface area contributed by atoms with Crippen LogP contribution in [0.2, 0.25) is 0 Å². The van der Waals surface area contributed by atoms with Crippen LogP contribution in [0.1, 0.15) is 30.9 Å². The first-order valence-corrected chi connectivity index (χ1v) is 9.36. The molecule has 0 bridgehead atoms. The summed E-state index contributed by atoms with van der Waals surface area (Å²) in [5, 5.41) is 27.4. The standard InChI is InChI=1S/C14H18N6O4S/c15-25(23,24)12-7-10(6-11(8-12)20(21)22)16-9-14-18-17-13-4-2-1-3-5-19(13)14/h6-8,16H,1-5,9H2,(H2,15,23,24). The predicted molar refractivity (Wildman–Crippen MR) is 89.4 cm³/mol. The quantitative estimate of drug-likeness (QED) is 0.596. The normalized spacial score (nSPS) is 14.6. The maximum Gasteiger partial charge on any atom is 0.272 e. The number of hydrogen-bond acceptors (Lipinski definition) is 7. The first kappa shape index (κ1) is 17.3. The number of nitrogens with two attached hydrogens (primary N) is 1. The Kier molecular flexibility index (Phi) is 4.68. The number of fused-ring (bicyclic) bond motifs is 1. The van der Waals surface area contributed by atoms with Gasteiger partial charge in [0.15, 0.2) is 5.82 Å². The number of sulfonamides is 1. The molecule has 0 spiro atoms. The van der Waals surface area contributed by atoms with Crippen molar-refractivity contribution < 1.29 is 13.3 Å². The summed E-state index contributed by atoms with van der Waals surface area (Å²) in [6.07, 6.45) is 4.14. The summed E-state index contributed by atoms with van der Waals surface area (Å²) in [5.41, 5.74) is -0.0710. The van der Waals surface area contributed by atoms with E-state index in [1.54, 1.807) is 0 Å². The summed E-state index contributed by atoms with van der Waals surface area (Å²) in [6, 6.07) is 3.46. The summed E-state index contributed by atoms with van der Waals surface area (Å²) in [7, 11) is -4.05. The topological polar surface area (TPSA) is 146 Å². The number of rotatable bonds is 5. The van der Waals surface area contributed by atoms with Crippen LogP contribution < -0.4 is 10.5 Å². The molecule has 0 amide bonds. The number of nitrogens with one attached hydrogen (secondary N) is 1. The van der Waals surface area contributed by atoms with Gasteiger partial charge in [0.05, 0.1) is 16.4 Å². The predicted octanol–water partition coefficient (Wildman–Crippen LogP) is 1.17. The van der Waals surface area contributed by atoms with Crippen LogP contribution in [0.4, 0.5) is 11.4 Å². The molecule has 134 valence electrons. The van der Waals surface area contributed by atoms with E-state index in [0.29, 0.717) is 5.82 Å². The van der Waals surface area contributed by atoms with Gasteiger partial charge >= 0.3 is 0 Å². The average Bonchev–Trinajstić information content (AvgIpc) is 2.78. The van der Waals surface area contributed by atoms with Crippen molar-refractivity contribution in [3.8, 4) is 0 Å². The molecule has 11 heteroatoms. The highest BCUT2D eigenvalue weighted by atomic mass is 32.2. The van der Waals surface area contributed by atoms with Crippen LogP contribution in [0.3, 0.4) is 0 Å². The first-order valence-electron chi connectivity index (χ1n) is 7.82. The molecule has 25 heavy (non-hydrogen) atoms. The van der Waals surface area contributed by atoms with Crippen LogP contribution in [-0.4, -0.2) is 28.1 Å². The van der Waals surface area contributed by atoms with Crippen molar-refractivity contribution in [1.29, 1.82) is 0 Å². The van der Waals surface area contributed by atoms with Crippen molar-refractivity contribution >= 4 is 21.4 Å². The largest absolute Gasteiger partial charge is 0.377 e. The van der Waals surface area contributed by atoms with E-state index in [1.165, 1.54) is 12.1 Å². The Bertz CT molecular complexity index is 908. The van der Waals surface area contributed by atoms with Crippen molar-refractivity contribution in [3.63, 3.8) is 0 Å². The second-order valence-electron chi connectivity index (χ2n) is 5.87. The highest BCUT2D eigenvalue weighted by Gasteiger charge is 2.18. The van der Waals surface area contributed by atoms with E-state index in [1.807, 2.05) is 4.57 Å². The monoisotopic (exact) mass is 366 g/mol. The lowest BCUT2D eigenvalue weighted by molar-refractivity contribution is -0.385. The van der Waals surface area contributed by atoms with Crippen molar-refractivity contribution in [2.24, 2.45) is 5.14 Å². The van der Waals surface area contributed by atoms with Crippen molar-refractivity contribution in [2.45, 2.75) is 43.7 Å². The zero-order valence-corrected chi connectivity index (χ0v) is 14.2. The lowest BCUT2D eigenvalue weighted by atomic mass is 10.2. The second kappa shape index (κ2) is 6.76. The molecule has 3 rings (SSSR count). The highest BCUT2D eigenvalue weighted by molar-refractivity contribution is 7.89. The molecule has 0 radical (unpaired) electrons. The zero-order chi connectivity index (χ0) is 18.0. The Labute approximate surface area is 144 Å². The maximum atomic E-state index is 11.5. The van der Waals surface area contributed by atoms with Gasteiger partial charge in [-0.1, -0.05) is 6.42 Å². The molecular weight excluding hydrogens is 348 g/mol. The molecule has 2 heterocycles. The van der Waals surface area contributed by atoms with E-state index in [0.717, 1.165) is 44.1 Å². The van der Waals surface area contributed by atoms with Crippen LogP contribution in [-0.2, 0) is 29.5 Å². The van der Waals surface area contributed by atoms with Crippen LogP contribution >= 0.6 is 0 Å². The van der Waals surface area contributed by atoms with E-state index in [4.69, 9.17) is 5.14 Å². The molecule has 0 fully saturated rings. The number of hydrogen-bond donors (Lipinski definition) is 2. The van der Waals surface area contributed by atoms with Crippen LogP contribution in [0.15, 0.2) is 23.1 Å². The van der Waals surface area contributed by atoms with Crippen molar-refractivity contribution in [3.05, 3.63) is 40.0 Å². The molecule has 0 atom stereocenters. The van der Waals surface area contributed by atoms with Gasteiger partial charge in [0.1, 0.15) is 5.82 Å². The van der Waals surface area contributed by atoms with Gasteiger partial charge in [-0.25, -0.2) is 13.6 Å². The number of non-ortho nitro benzene ring substituents is 1. The Balaban J connectivity index is 1.85. The van der Waals surface area contributed by atoms with Crippen molar-refractivity contribution in [1.82, 2.24) is 14.8 Å². The molecular formula is C14H18N6O4S. The molecule has 0 unspecified atom stereocenters. The highest BCUT2D eigenvalue weighted by Crippen LogP contribution is 2.24. The minimum atomic E-state index is -4.05. The number of nitrogens with zero attached hydrogens (tertiary/aromatic N) is 4. The number of primary sulfonamides is 1. The molecule has 0 saturated heterocycles. The fourth-order valence-corrected chi connectivity index (χ4v) is 3.39. The molecule has 0 aliphatic carbocycles. The van der Waals surface area contributed by atoms with E-state index in [-0.39, 0.29) is 22.8 Å². The Hall–Kier alpha value is -2.53. The number of nitro benzene ring substituents is 1. The Morgan fingerprint density at radius 1 is 1.24 bits per heavy atom. The van der Waals surface area contributed by atoms with E-state index < -0.39 is 14.9 Å². The number of anilines is 1. The third kappa shape index (κ3) is 3.94. The van der Waals surface area contributed by atoms with E-state index in [9.17, 15) is 18.5 Å². The van der Waals surface area contributed by atoms with Gasteiger partial charge in [-0.3, -0.25) is 10.1 Å². The molecule has 3 N–H and O–H groups in total. The average molecular weight is 366 g/mol. The maximum absolute atomic E-state index is 11.5. The summed E-state index contributed by atoms with van der Waals surface area (Å²) >= 11 is 0. The Morgan fingerprint density at radius 2 is 2.04 bits per heavy atom. The smallest absolute Gasteiger partial charge is 0.272 e. The number of aromatic nitrogens is 3. The molecule has 1 aromatic carbocycles. The summed E-state index contributed by atoms with van der Waals surface area (Å²) in [6.45, 7) is 1.11. The van der Waals surface area contributed by atoms with Crippen LogP contribution in [0, 0.1) is 10.1 Å².